The maximum Gasteiger partial charge on any atom is 0.417 e. The number of likely N-dealkylation sites (N-methyl/N-ethyl adjacent to an activating group) is 1. The summed E-state index contributed by atoms with van der Waals surface area (Å²) in [6, 6.07) is 6.49. The Morgan fingerprint density at radius 3 is 2.36 bits per heavy atom. The quantitative estimate of drug-likeness (QED) is 0.707. The lowest BCUT2D eigenvalue weighted by molar-refractivity contribution is -0.137. The van der Waals surface area contributed by atoms with Gasteiger partial charge in [-0.3, -0.25) is 0 Å². The van der Waals surface area contributed by atoms with Gasteiger partial charge in [0.05, 0.1) is 10.6 Å². The molecular formula is C17H17ClF3N3O2S2. The van der Waals surface area contributed by atoms with Gasteiger partial charge in [0.1, 0.15) is 9.92 Å². The molecule has 2 aromatic rings. The van der Waals surface area contributed by atoms with Crippen LogP contribution in [0.25, 0.3) is 0 Å². The molecule has 2 heterocycles. The molecule has 0 aliphatic carbocycles. The van der Waals surface area contributed by atoms with Gasteiger partial charge in [0.25, 0.3) is 0 Å². The minimum Gasteiger partial charge on any atom is -0.304 e. The van der Waals surface area contributed by atoms with Gasteiger partial charge in [0, 0.05) is 37.3 Å². The maximum absolute atomic E-state index is 13.0. The van der Waals surface area contributed by atoms with E-state index in [-0.39, 0.29) is 9.92 Å². The summed E-state index contributed by atoms with van der Waals surface area (Å²) >= 11 is 6.62. The minimum absolute atomic E-state index is 0.0634. The van der Waals surface area contributed by atoms with Gasteiger partial charge in [-0.25, -0.2) is 13.4 Å². The highest BCUT2D eigenvalue weighted by molar-refractivity contribution is 7.99. The first-order valence-corrected chi connectivity index (χ1v) is 10.9. The lowest BCUT2D eigenvalue weighted by atomic mass is 10.2. The molecule has 0 atom stereocenters. The second kappa shape index (κ2) is 8.19. The zero-order valence-electron chi connectivity index (χ0n) is 14.8. The second-order valence-electron chi connectivity index (χ2n) is 6.28. The van der Waals surface area contributed by atoms with Gasteiger partial charge in [-0.1, -0.05) is 23.4 Å². The van der Waals surface area contributed by atoms with Gasteiger partial charge >= 0.3 is 6.18 Å². The number of alkyl halides is 3. The number of hydrogen-bond donors (Lipinski definition) is 0. The first-order chi connectivity index (χ1) is 13.1. The summed E-state index contributed by atoms with van der Waals surface area (Å²) in [7, 11) is -1.71. The van der Waals surface area contributed by atoms with Gasteiger partial charge < -0.3 is 4.90 Å². The Hall–Kier alpha value is -1.33. The lowest BCUT2D eigenvalue weighted by Crippen LogP contribution is -2.47. The summed E-state index contributed by atoms with van der Waals surface area (Å²) in [5.74, 6) is 0. The summed E-state index contributed by atoms with van der Waals surface area (Å²) in [5, 5.41) is 0.00574. The van der Waals surface area contributed by atoms with Crippen LogP contribution in [0.3, 0.4) is 0 Å². The van der Waals surface area contributed by atoms with Crippen LogP contribution < -0.4 is 0 Å². The van der Waals surface area contributed by atoms with Crippen molar-refractivity contribution in [1.82, 2.24) is 14.2 Å². The summed E-state index contributed by atoms with van der Waals surface area (Å²) in [4.78, 5) is 6.51. The van der Waals surface area contributed by atoms with E-state index < -0.39 is 21.8 Å². The van der Waals surface area contributed by atoms with Crippen molar-refractivity contribution in [3.8, 4) is 0 Å². The zero-order chi connectivity index (χ0) is 20.5. The van der Waals surface area contributed by atoms with Crippen molar-refractivity contribution < 1.29 is 21.6 Å². The highest BCUT2D eigenvalue weighted by Crippen LogP contribution is 2.38. The van der Waals surface area contributed by atoms with Crippen LogP contribution >= 0.6 is 23.4 Å². The molecule has 3 rings (SSSR count). The monoisotopic (exact) mass is 451 g/mol. The number of halogens is 4. The Bertz CT molecular complexity index is 945. The van der Waals surface area contributed by atoms with Gasteiger partial charge in [0.15, 0.2) is 0 Å². The van der Waals surface area contributed by atoms with E-state index in [1.165, 1.54) is 34.8 Å². The molecule has 0 radical (unpaired) electrons. The van der Waals surface area contributed by atoms with E-state index in [2.05, 4.69) is 4.98 Å². The topological polar surface area (TPSA) is 53.5 Å². The third-order valence-electron chi connectivity index (χ3n) is 4.27. The van der Waals surface area contributed by atoms with Crippen molar-refractivity contribution >= 4 is 33.4 Å². The predicted molar refractivity (Wildman–Crippen MR) is 101 cm³/mol. The second-order valence-corrected chi connectivity index (χ2v) is 9.72. The Labute approximate surface area is 170 Å². The van der Waals surface area contributed by atoms with Crippen molar-refractivity contribution in [2.75, 3.05) is 33.2 Å². The van der Waals surface area contributed by atoms with Crippen molar-refractivity contribution in [2.24, 2.45) is 0 Å². The Morgan fingerprint density at radius 2 is 1.79 bits per heavy atom. The molecule has 0 N–H and O–H groups in total. The SMILES string of the molecule is CN1CCN(S(=O)(=O)c2ccc(Sc3ccc(Cl)c(C(F)(F)F)c3)nc2)CC1. The van der Waals surface area contributed by atoms with Crippen molar-refractivity contribution in [1.29, 1.82) is 0 Å². The van der Waals surface area contributed by atoms with E-state index in [9.17, 15) is 21.6 Å². The average Bonchev–Trinajstić information content (AvgIpc) is 2.63. The van der Waals surface area contributed by atoms with E-state index >= 15 is 0 Å². The molecule has 152 valence electrons. The number of rotatable bonds is 4. The molecule has 1 aromatic carbocycles. The van der Waals surface area contributed by atoms with Crippen LogP contribution in [0, 0.1) is 0 Å². The molecule has 5 nitrogen and oxygen atoms in total. The minimum atomic E-state index is -4.55. The zero-order valence-corrected chi connectivity index (χ0v) is 17.2. The van der Waals surface area contributed by atoms with Crippen LogP contribution in [-0.2, 0) is 16.2 Å². The van der Waals surface area contributed by atoms with Crippen LogP contribution in [0.2, 0.25) is 5.02 Å². The number of sulfonamides is 1. The Balaban J connectivity index is 1.76. The molecular weight excluding hydrogens is 435 g/mol. The lowest BCUT2D eigenvalue weighted by Gasteiger charge is -2.31. The van der Waals surface area contributed by atoms with Gasteiger partial charge in [-0.2, -0.15) is 17.5 Å². The van der Waals surface area contributed by atoms with Gasteiger partial charge in [-0.15, -0.1) is 0 Å². The molecule has 0 amide bonds. The molecule has 1 aliphatic rings. The summed E-state index contributed by atoms with van der Waals surface area (Å²) < 4.78 is 65.7. The van der Waals surface area contributed by atoms with Crippen molar-refractivity contribution in [2.45, 2.75) is 21.0 Å². The van der Waals surface area contributed by atoms with Crippen LogP contribution in [0.15, 0.2) is 51.3 Å². The van der Waals surface area contributed by atoms with Crippen molar-refractivity contribution in [3.63, 3.8) is 0 Å². The summed E-state index contributed by atoms with van der Waals surface area (Å²) in [6.07, 6.45) is -3.32. The molecule has 1 saturated heterocycles. The van der Waals surface area contributed by atoms with E-state index in [1.54, 1.807) is 0 Å². The number of hydrogen-bond acceptors (Lipinski definition) is 5. The molecule has 11 heteroatoms. The Kier molecular flexibility index (Phi) is 6.26. The highest BCUT2D eigenvalue weighted by atomic mass is 35.5. The number of piperazine rings is 1. The molecule has 0 spiro atoms. The Morgan fingerprint density at radius 1 is 1.11 bits per heavy atom. The van der Waals surface area contributed by atoms with E-state index in [0.29, 0.717) is 36.1 Å². The molecule has 1 fully saturated rings. The first kappa shape index (κ1) is 21.4. The largest absolute Gasteiger partial charge is 0.417 e. The van der Waals surface area contributed by atoms with Crippen LogP contribution in [0.5, 0.6) is 0 Å². The van der Waals surface area contributed by atoms with Crippen molar-refractivity contribution in [3.05, 3.63) is 47.1 Å². The van der Waals surface area contributed by atoms with Crippen LogP contribution in [0.1, 0.15) is 5.56 Å². The summed E-state index contributed by atoms with van der Waals surface area (Å²) in [6.45, 7) is 2.11. The van der Waals surface area contributed by atoms with Crippen LogP contribution in [0.4, 0.5) is 13.2 Å². The fraction of sp³-hybridized carbons (Fsp3) is 0.353. The third-order valence-corrected chi connectivity index (χ3v) is 7.43. The number of benzene rings is 1. The standard InChI is InChI=1S/C17H17ClF3N3O2S2/c1-23-6-8-24(9-7-23)28(25,26)13-3-5-16(22-11-13)27-12-2-4-15(18)14(10-12)17(19,20)21/h2-5,10-11H,6-9H2,1H3. The number of aromatic nitrogens is 1. The number of nitrogens with zero attached hydrogens (tertiary/aromatic N) is 3. The molecule has 0 saturated carbocycles. The van der Waals surface area contributed by atoms with E-state index in [4.69, 9.17) is 11.6 Å². The third kappa shape index (κ3) is 4.80. The normalized spacial score (nSPS) is 17.0. The van der Waals surface area contributed by atoms with E-state index in [1.807, 2.05) is 11.9 Å². The first-order valence-electron chi connectivity index (χ1n) is 8.27. The van der Waals surface area contributed by atoms with Gasteiger partial charge in [0.2, 0.25) is 10.0 Å². The predicted octanol–water partition coefficient (Wildman–Crippen LogP) is 3.84. The number of pyridine rings is 1. The maximum atomic E-state index is 13.0. The molecule has 1 aromatic heterocycles. The molecule has 0 unspecified atom stereocenters. The van der Waals surface area contributed by atoms with Gasteiger partial charge in [-0.05, 0) is 37.4 Å². The fourth-order valence-corrected chi connectivity index (χ4v) is 5.05. The molecule has 1 aliphatic heterocycles. The average molecular weight is 452 g/mol. The molecule has 0 bridgehead atoms. The summed E-state index contributed by atoms with van der Waals surface area (Å²) in [5.41, 5.74) is -0.923. The molecule has 28 heavy (non-hydrogen) atoms. The van der Waals surface area contributed by atoms with E-state index in [0.717, 1.165) is 17.8 Å². The smallest absolute Gasteiger partial charge is 0.304 e. The fourth-order valence-electron chi connectivity index (χ4n) is 2.66. The highest BCUT2D eigenvalue weighted by Gasteiger charge is 2.33. The van der Waals surface area contributed by atoms with Crippen LogP contribution in [-0.4, -0.2) is 55.8 Å².